The minimum atomic E-state index is -3.01. The average molecular weight is 107 g/mol. The molecule has 2 N–H and O–H groups in total. The van der Waals surface area contributed by atoms with E-state index in [-0.39, 0.29) is 12.8 Å². The zero-order chi connectivity index (χ0) is 5.91. The summed E-state index contributed by atoms with van der Waals surface area (Å²) in [7, 11) is 0. The smallest absolute Gasteiger partial charge is 0.315 e. The van der Waals surface area contributed by atoms with Crippen molar-refractivity contribution < 1.29 is 14.6 Å². The molecular formula is C4H8FO2. The number of aliphatic hydroxyl groups is 2. The Bertz CT molecular complexity index is 48.1. The molecule has 0 saturated heterocycles. The molecule has 0 spiro atoms. The Balaban J connectivity index is 3.15. The van der Waals surface area contributed by atoms with Crippen LogP contribution in [0.4, 0.5) is 4.39 Å². The van der Waals surface area contributed by atoms with Crippen LogP contribution in [0.3, 0.4) is 0 Å². The van der Waals surface area contributed by atoms with E-state index < -0.39 is 6.04 Å². The van der Waals surface area contributed by atoms with Crippen LogP contribution in [0, 0.1) is 6.92 Å². The predicted octanol–water partition coefficient (Wildman–Crippen LogP) is 0.209. The molecule has 0 fully saturated rings. The topological polar surface area (TPSA) is 40.5 Å². The normalized spacial score (nSPS) is 12.0. The van der Waals surface area contributed by atoms with Gasteiger partial charge in [-0.05, 0) is 6.42 Å². The first-order chi connectivity index (χ1) is 3.06. The highest BCUT2D eigenvalue weighted by Crippen LogP contribution is 2.07. The zero-order valence-electron chi connectivity index (χ0n) is 3.89. The lowest BCUT2D eigenvalue weighted by molar-refractivity contribution is -0.261. The molecule has 3 heteroatoms. The highest BCUT2D eigenvalue weighted by atomic mass is 19.2. The summed E-state index contributed by atoms with van der Waals surface area (Å²) in [6.07, 6.45) is -0.142. The van der Waals surface area contributed by atoms with Gasteiger partial charge in [-0.1, -0.05) is 6.92 Å². The summed E-state index contributed by atoms with van der Waals surface area (Å²) in [4.78, 5) is 0. The highest BCUT2D eigenvalue weighted by Gasteiger charge is 2.17. The molecule has 0 aliphatic rings. The predicted molar refractivity (Wildman–Crippen MR) is 22.9 cm³/mol. The molecule has 0 aliphatic carbocycles. The summed E-state index contributed by atoms with van der Waals surface area (Å²) >= 11 is 0. The van der Waals surface area contributed by atoms with Gasteiger partial charge in [0.25, 0.3) is 0 Å². The monoisotopic (exact) mass is 107 g/mol. The molecule has 0 unspecified atom stereocenters. The molecule has 0 aromatic carbocycles. The number of halogens is 1. The first-order valence-electron chi connectivity index (χ1n) is 1.99. The zero-order valence-corrected chi connectivity index (χ0v) is 3.89. The van der Waals surface area contributed by atoms with Crippen molar-refractivity contribution in [1.29, 1.82) is 0 Å². The van der Waals surface area contributed by atoms with E-state index in [1.807, 2.05) is 0 Å². The Morgan fingerprint density at radius 3 is 2.00 bits per heavy atom. The van der Waals surface area contributed by atoms with Gasteiger partial charge in [-0.15, -0.1) is 0 Å². The Hall–Kier alpha value is -0.150. The molecule has 0 saturated carbocycles. The van der Waals surface area contributed by atoms with Crippen molar-refractivity contribution in [2.24, 2.45) is 0 Å². The van der Waals surface area contributed by atoms with Gasteiger partial charge in [0.15, 0.2) is 0 Å². The first kappa shape index (κ1) is 6.85. The molecule has 2 nitrogen and oxygen atoms in total. The minimum Gasteiger partial charge on any atom is -0.340 e. The van der Waals surface area contributed by atoms with E-state index >= 15 is 0 Å². The van der Waals surface area contributed by atoms with Crippen LogP contribution in [0.15, 0.2) is 0 Å². The Kier molecular flexibility index (Phi) is 2.19. The molecule has 0 aromatic heterocycles. The number of rotatable bonds is 2. The SMILES string of the molecule is [CH2]CCC(O)(O)F. The van der Waals surface area contributed by atoms with Gasteiger partial charge in [0.05, 0.1) is 0 Å². The van der Waals surface area contributed by atoms with Gasteiger partial charge in [0.2, 0.25) is 0 Å². The second-order valence-corrected chi connectivity index (χ2v) is 1.32. The van der Waals surface area contributed by atoms with Gasteiger partial charge < -0.3 is 10.2 Å². The molecule has 0 atom stereocenters. The fourth-order valence-corrected chi connectivity index (χ4v) is 0.225. The Labute approximate surface area is 41.6 Å². The second kappa shape index (κ2) is 2.23. The van der Waals surface area contributed by atoms with E-state index in [1.165, 1.54) is 0 Å². The van der Waals surface area contributed by atoms with Crippen LogP contribution in [0.1, 0.15) is 12.8 Å². The second-order valence-electron chi connectivity index (χ2n) is 1.32. The molecule has 7 heavy (non-hydrogen) atoms. The van der Waals surface area contributed by atoms with Crippen LogP contribution in [0.2, 0.25) is 0 Å². The molecule has 0 amide bonds. The van der Waals surface area contributed by atoms with Gasteiger partial charge in [-0.2, -0.15) is 4.39 Å². The molecule has 43 valence electrons. The minimum absolute atomic E-state index is 0.184. The maximum Gasteiger partial charge on any atom is 0.315 e. The maximum absolute atomic E-state index is 11.5. The number of hydrogen-bond donors (Lipinski definition) is 2. The van der Waals surface area contributed by atoms with Crippen LogP contribution < -0.4 is 0 Å². The fraction of sp³-hybridized carbons (Fsp3) is 0.750. The van der Waals surface area contributed by atoms with E-state index in [1.54, 1.807) is 0 Å². The molecule has 0 rings (SSSR count). The molecule has 0 bridgehead atoms. The number of hydrogen-bond acceptors (Lipinski definition) is 2. The summed E-state index contributed by atoms with van der Waals surface area (Å²) in [6, 6.07) is -3.01. The van der Waals surface area contributed by atoms with Gasteiger partial charge >= 0.3 is 6.04 Å². The molecular weight excluding hydrogens is 99.0 g/mol. The van der Waals surface area contributed by atoms with Crippen molar-refractivity contribution in [2.45, 2.75) is 18.9 Å². The summed E-state index contributed by atoms with van der Waals surface area (Å²) in [6.45, 7) is 3.21. The van der Waals surface area contributed by atoms with E-state index in [0.717, 1.165) is 0 Å². The van der Waals surface area contributed by atoms with E-state index in [0.29, 0.717) is 0 Å². The van der Waals surface area contributed by atoms with Gasteiger partial charge in [-0.3, -0.25) is 0 Å². The summed E-state index contributed by atoms with van der Waals surface area (Å²) in [5.41, 5.74) is 0. The summed E-state index contributed by atoms with van der Waals surface area (Å²) in [5.74, 6) is 0. The lowest BCUT2D eigenvalue weighted by Crippen LogP contribution is -2.19. The highest BCUT2D eigenvalue weighted by molar-refractivity contribution is 4.48. The first-order valence-corrected chi connectivity index (χ1v) is 1.99. The quantitative estimate of drug-likeness (QED) is 0.495. The third-order valence-corrected chi connectivity index (χ3v) is 0.495. The van der Waals surface area contributed by atoms with E-state index in [4.69, 9.17) is 10.2 Å². The third kappa shape index (κ3) is 5.85. The van der Waals surface area contributed by atoms with Crippen LogP contribution in [0.5, 0.6) is 0 Å². The van der Waals surface area contributed by atoms with Crippen molar-refractivity contribution in [3.8, 4) is 0 Å². The van der Waals surface area contributed by atoms with Crippen LogP contribution in [-0.4, -0.2) is 16.3 Å². The van der Waals surface area contributed by atoms with Gasteiger partial charge in [0, 0.05) is 6.42 Å². The summed E-state index contributed by atoms with van der Waals surface area (Å²) in [5, 5.41) is 15.7. The largest absolute Gasteiger partial charge is 0.340 e. The lowest BCUT2D eigenvalue weighted by atomic mass is 10.3. The summed E-state index contributed by atoms with van der Waals surface area (Å²) < 4.78 is 11.5. The van der Waals surface area contributed by atoms with Crippen LogP contribution in [0.25, 0.3) is 0 Å². The van der Waals surface area contributed by atoms with Gasteiger partial charge in [-0.25, -0.2) is 0 Å². The van der Waals surface area contributed by atoms with Gasteiger partial charge in [0.1, 0.15) is 0 Å². The Morgan fingerprint density at radius 2 is 2.00 bits per heavy atom. The van der Waals surface area contributed by atoms with Crippen molar-refractivity contribution in [2.75, 3.05) is 0 Å². The molecule has 1 radical (unpaired) electrons. The third-order valence-electron chi connectivity index (χ3n) is 0.495. The molecule has 0 aromatic rings. The van der Waals surface area contributed by atoms with Crippen molar-refractivity contribution in [1.82, 2.24) is 0 Å². The Morgan fingerprint density at radius 1 is 1.57 bits per heavy atom. The fourth-order valence-electron chi connectivity index (χ4n) is 0.225. The average Bonchev–Trinajstić information content (AvgIpc) is 1.30. The lowest BCUT2D eigenvalue weighted by Gasteiger charge is -2.06. The van der Waals surface area contributed by atoms with E-state index in [9.17, 15) is 4.39 Å². The maximum atomic E-state index is 11.5. The molecule has 0 aliphatic heterocycles. The van der Waals surface area contributed by atoms with Crippen molar-refractivity contribution in [3.63, 3.8) is 0 Å². The van der Waals surface area contributed by atoms with Crippen LogP contribution >= 0.6 is 0 Å². The van der Waals surface area contributed by atoms with Crippen LogP contribution in [-0.2, 0) is 0 Å². The van der Waals surface area contributed by atoms with Crippen molar-refractivity contribution >= 4 is 0 Å². The molecule has 0 heterocycles. The number of alkyl halides is 1. The van der Waals surface area contributed by atoms with Crippen molar-refractivity contribution in [3.05, 3.63) is 6.92 Å². The standard InChI is InChI=1S/C4H8FO2/c1-2-3-4(5,6)7/h6-7H,1-3H2. The van der Waals surface area contributed by atoms with E-state index in [2.05, 4.69) is 6.92 Å².